The maximum absolute atomic E-state index is 13.2. The number of aromatic amines is 1. The van der Waals surface area contributed by atoms with E-state index in [0.29, 0.717) is 22.6 Å². The zero-order valence-electron chi connectivity index (χ0n) is 17.1. The van der Waals surface area contributed by atoms with Gasteiger partial charge in [0.15, 0.2) is 5.76 Å². The quantitative estimate of drug-likeness (QED) is 0.514. The third-order valence-corrected chi connectivity index (χ3v) is 6.63. The Hall–Kier alpha value is -2.88. The van der Waals surface area contributed by atoms with Gasteiger partial charge in [0.1, 0.15) is 16.3 Å². The Morgan fingerprint density at radius 2 is 1.81 bits per heavy atom. The van der Waals surface area contributed by atoms with E-state index in [1.54, 1.807) is 12.1 Å². The van der Waals surface area contributed by atoms with Gasteiger partial charge >= 0.3 is 0 Å². The number of nitrogens with one attached hydrogen (secondary N) is 1. The smallest absolute Gasteiger partial charge is 0.268 e. The lowest BCUT2D eigenvalue weighted by atomic mass is 10.2. The second-order valence-corrected chi connectivity index (χ2v) is 8.88. The first-order valence-electron chi connectivity index (χ1n) is 10.2. The van der Waals surface area contributed by atoms with Gasteiger partial charge in [0.25, 0.3) is 5.56 Å². The summed E-state index contributed by atoms with van der Waals surface area (Å²) in [5.41, 5.74) is 2.33. The average molecular weight is 440 g/mol. The summed E-state index contributed by atoms with van der Waals surface area (Å²) in [7, 11) is 0. The van der Waals surface area contributed by atoms with E-state index in [1.807, 2.05) is 19.1 Å². The Balaban J connectivity index is 1.26. The van der Waals surface area contributed by atoms with E-state index >= 15 is 0 Å². The number of rotatable bonds is 5. The highest BCUT2D eigenvalue weighted by Gasteiger charge is 2.20. The number of hydrogen-bond acceptors (Lipinski definition) is 7. The van der Waals surface area contributed by atoms with Gasteiger partial charge in [-0.15, -0.1) is 11.3 Å². The lowest BCUT2D eigenvalue weighted by Crippen LogP contribution is -2.45. The topological polar surface area (TPSA) is 78.3 Å². The van der Waals surface area contributed by atoms with Crippen LogP contribution in [0.25, 0.3) is 20.7 Å². The molecule has 0 bridgehead atoms. The Labute approximate surface area is 182 Å². The molecular weight excluding hydrogens is 417 g/mol. The fraction of sp³-hybridized carbons (Fsp3) is 0.318. The van der Waals surface area contributed by atoms with Gasteiger partial charge in [-0.2, -0.15) is 0 Å². The molecule has 0 atom stereocenters. The van der Waals surface area contributed by atoms with Crippen LogP contribution in [-0.2, 0) is 13.1 Å². The van der Waals surface area contributed by atoms with E-state index in [0.717, 1.165) is 54.6 Å². The number of H-pyrrole nitrogens is 1. The van der Waals surface area contributed by atoms with Gasteiger partial charge < -0.3 is 9.51 Å². The first kappa shape index (κ1) is 20.0. The van der Waals surface area contributed by atoms with Gasteiger partial charge in [0.2, 0.25) is 0 Å². The standard InChI is InChI=1S/C22H22FN5O2S/c1-14-10-17(30-26-14)12-27-6-8-28(9-7-27)13-20-24-18-11-19(31-21(18)22(29)25-20)15-2-4-16(23)5-3-15/h2-5,10-11H,6-9,12-13H2,1H3,(H,24,25,29). The molecule has 0 saturated carbocycles. The van der Waals surface area contributed by atoms with E-state index in [4.69, 9.17) is 4.52 Å². The number of benzene rings is 1. The van der Waals surface area contributed by atoms with Crippen LogP contribution in [-0.4, -0.2) is 51.1 Å². The minimum Gasteiger partial charge on any atom is -0.360 e. The molecule has 5 rings (SSSR count). The maximum atomic E-state index is 13.2. The molecule has 1 aliphatic heterocycles. The lowest BCUT2D eigenvalue weighted by Gasteiger charge is -2.33. The van der Waals surface area contributed by atoms with Gasteiger partial charge in [-0.25, -0.2) is 9.37 Å². The molecule has 31 heavy (non-hydrogen) atoms. The van der Waals surface area contributed by atoms with Crippen LogP contribution in [0.5, 0.6) is 0 Å². The van der Waals surface area contributed by atoms with E-state index < -0.39 is 0 Å². The molecule has 1 N–H and O–H groups in total. The SMILES string of the molecule is Cc1cc(CN2CCN(Cc3nc4cc(-c5ccc(F)cc5)sc4c(=O)[nH]3)CC2)on1. The van der Waals surface area contributed by atoms with Crippen molar-refractivity contribution in [1.82, 2.24) is 24.9 Å². The van der Waals surface area contributed by atoms with Gasteiger partial charge in [0, 0.05) is 37.1 Å². The maximum Gasteiger partial charge on any atom is 0.268 e. The van der Waals surface area contributed by atoms with Crippen LogP contribution in [0.1, 0.15) is 17.3 Å². The number of piperazine rings is 1. The number of nitrogens with zero attached hydrogens (tertiary/aromatic N) is 4. The predicted octanol–water partition coefficient (Wildman–Crippen LogP) is 3.40. The molecule has 1 aromatic carbocycles. The molecule has 0 unspecified atom stereocenters. The van der Waals surface area contributed by atoms with Crippen molar-refractivity contribution in [3.8, 4) is 10.4 Å². The minimum atomic E-state index is -0.279. The summed E-state index contributed by atoms with van der Waals surface area (Å²) in [4.78, 5) is 25.8. The van der Waals surface area contributed by atoms with Crippen LogP contribution in [0, 0.1) is 12.7 Å². The Morgan fingerprint density at radius 1 is 1.10 bits per heavy atom. The molecular formula is C22H22FN5O2S. The molecule has 0 aliphatic carbocycles. The van der Waals surface area contributed by atoms with Crippen molar-refractivity contribution in [2.45, 2.75) is 20.0 Å². The van der Waals surface area contributed by atoms with E-state index in [9.17, 15) is 9.18 Å². The molecule has 4 heterocycles. The molecule has 4 aromatic rings. The second kappa shape index (κ2) is 8.33. The average Bonchev–Trinajstić information content (AvgIpc) is 3.36. The molecule has 1 saturated heterocycles. The van der Waals surface area contributed by atoms with Crippen molar-refractivity contribution in [3.63, 3.8) is 0 Å². The summed E-state index contributed by atoms with van der Waals surface area (Å²) in [5.74, 6) is 1.27. The molecule has 0 amide bonds. The first-order valence-corrected chi connectivity index (χ1v) is 11.0. The van der Waals surface area contributed by atoms with Gasteiger partial charge in [0.05, 0.1) is 24.3 Å². The van der Waals surface area contributed by atoms with Gasteiger partial charge in [-0.05, 0) is 30.7 Å². The van der Waals surface area contributed by atoms with Crippen LogP contribution in [0.4, 0.5) is 4.39 Å². The summed E-state index contributed by atoms with van der Waals surface area (Å²) in [6.07, 6.45) is 0. The lowest BCUT2D eigenvalue weighted by molar-refractivity contribution is 0.112. The molecule has 1 fully saturated rings. The van der Waals surface area contributed by atoms with Gasteiger partial charge in [-0.3, -0.25) is 14.6 Å². The monoisotopic (exact) mass is 439 g/mol. The summed E-state index contributed by atoms with van der Waals surface area (Å²) < 4.78 is 19.1. The molecule has 160 valence electrons. The number of halogens is 1. The molecule has 1 aliphatic rings. The highest BCUT2D eigenvalue weighted by atomic mass is 32.1. The van der Waals surface area contributed by atoms with Crippen LogP contribution in [0.2, 0.25) is 0 Å². The van der Waals surface area contributed by atoms with E-state index in [2.05, 4.69) is 24.9 Å². The predicted molar refractivity (Wildman–Crippen MR) is 117 cm³/mol. The molecule has 9 heteroatoms. The third kappa shape index (κ3) is 4.43. The van der Waals surface area contributed by atoms with Crippen molar-refractivity contribution in [3.05, 3.63) is 69.8 Å². The highest BCUT2D eigenvalue weighted by molar-refractivity contribution is 7.22. The number of fused-ring (bicyclic) bond motifs is 1. The van der Waals surface area contributed by atoms with E-state index in [-0.39, 0.29) is 11.4 Å². The van der Waals surface area contributed by atoms with Crippen molar-refractivity contribution >= 4 is 21.6 Å². The molecule has 3 aromatic heterocycles. The van der Waals surface area contributed by atoms with Crippen molar-refractivity contribution in [2.24, 2.45) is 0 Å². The summed E-state index contributed by atoms with van der Waals surface area (Å²) in [6.45, 7) is 6.89. The normalized spacial score (nSPS) is 15.7. The zero-order valence-corrected chi connectivity index (χ0v) is 17.9. The van der Waals surface area contributed by atoms with Gasteiger partial charge in [-0.1, -0.05) is 17.3 Å². The molecule has 0 spiro atoms. The fourth-order valence-electron chi connectivity index (χ4n) is 3.85. The summed E-state index contributed by atoms with van der Waals surface area (Å²) in [6, 6.07) is 10.2. The Bertz CT molecular complexity index is 1260. The Kier molecular flexibility index (Phi) is 5.39. The highest BCUT2D eigenvalue weighted by Crippen LogP contribution is 2.31. The second-order valence-electron chi connectivity index (χ2n) is 7.83. The fourth-order valence-corrected chi connectivity index (χ4v) is 4.85. The van der Waals surface area contributed by atoms with Crippen LogP contribution >= 0.6 is 11.3 Å². The summed E-state index contributed by atoms with van der Waals surface area (Å²) in [5, 5.41) is 3.94. The molecule has 0 radical (unpaired) electrons. The number of thiophene rings is 1. The van der Waals surface area contributed by atoms with Crippen molar-refractivity contribution in [1.29, 1.82) is 0 Å². The largest absolute Gasteiger partial charge is 0.360 e. The summed E-state index contributed by atoms with van der Waals surface area (Å²) >= 11 is 1.38. The zero-order chi connectivity index (χ0) is 21.4. The Morgan fingerprint density at radius 3 is 2.48 bits per heavy atom. The third-order valence-electron chi connectivity index (χ3n) is 5.46. The van der Waals surface area contributed by atoms with Crippen LogP contribution < -0.4 is 5.56 Å². The number of aromatic nitrogens is 3. The van der Waals surface area contributed by atoms with Crippen LogP contribution in [0.15, 0.2) is 45.7 Å². The number of aryl methyl sites for hydroxylation is 1. The number of hydrogen-bond donors (Lipinski definition) is 1. The molecule has 7 nitrogen and oxygen atoms in total. The van der Waals surface area contributed by atoms with Crippen molar-refractivity contribution in [2.75, 3.05) is 26.2 Å². The van der Waals surface area contributed by atoms with Crippen LogP contribution in [0.3, 0.4) is 0 Å². The first-order chi connectivity index (χ1) is 15.0. The van der Waals surface area contributed by atoms with E-state index in [1.165, 1.54) is 23.5 Å². The van der Waals surface area contributed by atoms with Crippen molar-refractivity contribution < 1.29 is 8.91 Å². The minimum absolute atomic E-state index is 0.127.